The minimum Gasteiger partial charge on any atom is -0.328 e. The van der Waals surface area contributed by atoms with Crippen LogP contribution in [0.5, 0.6) is 0 Å². The molecular formula is C24H32N4O3S. The fourth-order valence-electron chi connectivity index (χ4n) is 4.76. The number of imidazole rings is 1. The molecule has 0 fully saturated rings. The van der Waals surface area contributed by atoms with Gasteiger partial charge < -0.3 is 9.13 Å². The van der Waals surface area contributed by atoms with Crippen LogP contribution < -0.4 is 10.3 Å². The van der Waals surface area contributed by atoms with Crippen molar-refractivity contribution in [2.75, 3.05) is 11.0 Å². The standard InChI is InChI=1S/C24H32N4O3S/c1-7-8-9-27-16(3)25-22-19(26-32(6,30)31)11-17(12-20(22)27)18-10-15(2)23(29)28-14-24(4,5)13-21(18)28/h10-12,26H,7-9,13-14H2,1-6H3. The Morgan fingerprint density at radius 1 is 1.19 bits per heavy atom. The van der Waals surface area contributed by atoms with Crippen molar-refractivity contribution in [2.45, 2.75) is 67.0 Å². The van der Waals surface area contributed by atoms with Crippen LogP contribution in [0.1, 0.15) is 50.7 Å². The third kappa shape index (κ3) is 4.08. The van der Waals surface area contributed by atoms with Crippen molar-refractivity contribution in [2.24, 2.45) is 5.41 Å². The summed E-state index contributed by atoms with van der Waals surface area (Å²) in [4.78, 5) is 17.5. The summed E-state index contributed by atoms with van der Waals surface area (Å²) in [7, 11) is -3.49. The van der Waals surface area contributed by atoms with Crippen LogP contribution in [0.4, 0.5) is 5.69 Å². The van der Waals surface area contributed by atoms with Gasteiger partial charge in [0.05, 0.1) is 17.5 Å². The van der Waals surface area contributed by atoms with E-state index in [9.17, 15) is 13.2 Å². The summed E-state index contributed by atoms with van der Waals surface area (Å²) in [6.07, 6.45) is 4.00. The predicted molar refractivity (Wildman–Crippen MR) is 130 cm³/mol. The monoisotopic (exact) mass is 456 g/mol. The van der Waals surface area contributed by atoms with E-state index in [1.807, 2.05) is 30.5 Å². The number of hydrogen-bond donors (Lipinski definition) is 1. The van der Waals surface area contributed by atoms with Crippen molar-refractivity contribution in [3.63, 3.8) is 0 Å². The Morgan fingerprint density at radius 3 is 2.56 bits per heavy atom. The lowest BCUT2D eigenvalue weighted by Gasteiger charge is -2.15. The molecule has 0 saturated heterocycles. The molecule has 7 nitrogen and oxygen atoms in total. The van der Waals surface area contributed by atoms with Crippen LogP contribution in [-0.4, -0.2) is 28.8 Å². The van der Waals surface area contributed by atoms with E-state index in [0.717, 1.165) is 60.2 Å². The lowest BCUT2D eigenvalue weighted by Crippen LogP contribution is -2.24. The Morgan fingerprint density at radius 2 is 1.91 bits per heavy atom. The molecule has 0 spiro atoms. The second-order valence-electron chi connectivity index (χ2n) is 9.85. The first-order valence-electron chi connectivity index (χ1n) is 11.1. The van der Waals surface area contributed by atoms with Crippen LogP contribution in [0.15, 0.2) is 23.0 Å². The van der Waals surface area contributed by atoms with Gasteiger partial charge in [-0.2, -0.15) is 0 Å². The summed E-state index contributed by atoms with van der Waals surface area (Å²) in [5, 5.41) is 0. The maximum atomic E-state index is 12.8. The van der Waals surface area contributed by atoms with E-state index in [2.05, 4.69) is 36.1 Å². The highest BCUT2D eigenvalue weighted by Gasteiger charge is 2.32. The summed E-state index contributed by atoms with van der Waals surface area (Å²) >= 11 is 0. The third-order valence-corrected chi connectivity index (χ3v) is 6.79. The Kier molecular flexibility index (Phi) is 5.48. The Hall–Kier alpha value is -2.61. The SMILES string of the molecule is CCCCn1c(C)nc2c(NS(C)(=O)=O)cc(-c3cc(C)c(=O)n4c3CC(C)(C)C4)cc21. The van der Waals surface area contributed by atoms with Gasteiger partial charge in [-0.05, 0) is 55.9 Å². The van der Waals surface area contributed by atoms with Crippen LogP contribution in [0.3, 0.4) is 0 Å². The number of aromatic nitrogens is 3. The second kappa shape index (κ2) is 7.76. The van der Waals surface area contributed by atoms with Gasteiger partial charge in [0.2, 0.25) is 10.0 Å². The Labute approximate surface area is 189 Å². The smallest absolute Gasteiger partial charge is 0.253 e. The van der Waals surface area contributed by atoms with Crippen molar-refractivity contribution in [1.82, 2.24) is 14.1 Å². The maximum absolute atomic E-state index is 12.8. The van der Waals surface area contributed by atoms with Crippen LogP contribution in [-0.2, 0) is 29.5 Å². The predicted octanol–water partition coefficient (Wildman–Crippen LogP) is 4.24. The molecule has 1 N–H and O–H groups in total. The fourth-order valence-corrected chi connectivity index (χ4v) is 5.31. The summed E-state index contributed by atoms with van der Waals surface area (Å²) in [6.45, 7) is 11.8. The quantitative estimate of drug-likeness (QED) is 0.601. The van der Waals surface area contributed by atoms with Crippen LogP contribution in [0, 0.1) is 19.3 Å². The molecule has 0 bridgehead atoms. The number of benzene rings is 1. The fraction of sp³-hybridized carbons (Fsp3) is 0.500. The lowest BCUT2D eigenvalue weighted by atomic mass is 9.89. The van der Waals surface area contributed by atoms with Crippen molar-refractivity contribution in [3.05, 3.63) is 45.6 Å². The minimum atomic E-state index is -3.49. The van der Waals surface area contributed by atoms with Crippen molar-refractivity contribution >= 4 is 26.7 Å². The highest BCUT2D eigenvalue weighted by molar-refractivity contribution is 7.92. The zero-order valence-electron chi connectivity index (χ0n) is 19.7. The van der Waals surface area contributed by atoms with E-state index in [4.69, 9.17) is 4.98 Å². The van der Waals surface area contributed by atoms with Crippen molar-refractivity contribution in [1.29, 1.82) is 0 Å². The number of aryl methyl sites for hydroxylation is 3. The van der Waals surface area contributed by atoms with Gasteiger partial charge in [0.1, 0.15) is 11.3 Å². The molecule has 0 unspecified atom stereocenters. The summed E-state index contributed by atoms with van der Waals surface area (Å²) < 4.78 is 31.0. The van der Waals surface area contributed by atoms with Gasteiger partial charge in [-0.25, -0.2) is 13.4 Å². The van der Waals surface area contributed by atoms with Crippen LogP contribution in [0.2, 0.25) is 0 Å². The topological polar surface area (TPSA) is 86.0 Å². The molecule has 0 atom stereocenters. The summed E-state index contributed by atoms with van der Waals surface area (Å²) in [5.74, 6) is 0.856. The van der Waals surface area contributed by atoms with E-state index < -0.39 is 10.0 Å². The van der Waals surface area contributed by atoms with Crippen molar-refractivity contribution < 1.29 is 8.42 Å². The zero-order valence-corrected chi connectivity index (χ0v) is 20.6. The maximum Gasteiger partial charge on any atom is 0.253 e. The number of pyridine rings is 1. The molecule has 4 rings (SSSR count). The molecule has 8 heteroatoms. The molecule has 1 aliphatic rings. The van der Waals surface area contributed by atoms with Gasteiger partial charge in [0, 0.05) is 29.9 Å². The largest absolute Gasteiger partial charge is 0.328 e. The molecule has 2 aromatic heterocycles. The minimum absolute atomic E-state index is 0.00781. The highest BCUT2D eigenvalue weighted by Crippen LogP contribution is 2.39. The van der Waals surface area contributed by atoms with E-state index in [1.54, 1.807) is 0 Å². The Balaban J connectivity index is 2.01. The number of hydrogen-bond acceptors (Lipinski definition) is 4. The first kappa shape index (κ1) is 22.6. The number of nitrogens with zero attached hydrogens (tertiary/aromatic N) is 3. The number of anilines is 1. The third-order valence-electron chi connectivity index (χ3n) is 6.20. The van der Waals surface area contributed by atoms with E-state index in [-0.39, 0.29) is 11.0 Å². The molecule has 0 amide bonds. The number of nitrogens with one attached hydrogen (secondary N) is 1. The zero-order chi connectivity index (χ0) is 23.4. The number of sulfonamides is 1. The van der Waals surface area contributed by atoms with Gasteiger partial charge >= 0.3 is 0 Å². The molecule has 3 heterocycles. The second-order valence-corrected chi connectivity index (χ2v) is 11.6. The molecular weight excluding hydrogens is 424 g/mol. The molecule has 32 heavy (non-hydrogen) atoms. The normalized spacial score (nSPS) is 15.3. The Bertz CT molecular complexity index is 1380. The molecule has 0 saturated carbocycles. The molecule has 3 aromatic rings. The molecule has 1 aromatic carbocycles. The summed E-state index contributed by atoms with van der Waals surface area (Å²) in [5.41, 5.74) is 5.63. The molecule has 172 valence electrons. The van der Waals surface area contributed by atoms with Crippen LogP contribution >= 0.6 is 0 Å². The van der Waals surface area contributed by atoms with E-state index in [1.165, 1.54) is 0 Å². The summed E-state index contributed by atoms with van der Waals surface area (Å²) in [6, 6.07) is 5.88. The van der Waals surface area contributed by atoms with Gasteiger partial charge in [-0.3, -0.25) is 9.52 Å². The lowest BCUT2D eigenvalue weighted by molar-refractivity contribution is 0.357. The van der Waals surface area contributed by atoms with E-state index >= 15 is 0 Å². The molecule has 0 aliphatic carbocycles. The van der Waals surface area contributed by atoms with Gasteiger partial charge in [-0.15, -0.1) is 0 Å². The average molecular weight is 457 g/mol. The van der Waals surface area contributed by atoms with Crippen LogP contribution in [0.25, 0.3) is 22.2 Å². The average Bonchev–Trinajstić information content (AvgIpc) is 3.17. The number of fused-ring (bicyclic) bond motifs is 2. The first-order chi connectivity index (χ1) is 14.9. The highest BCUT2D eigenvalue weighted by atomic mass is 32.2. The number of rotatable bonds is 6. The van der Waals surface area contributed by atoms with E-state index in [0.29, 0.717) is 23.3 Å². The molecule has 1 aliphatic heterocycles. The van der Waals surface area contributed by atoms with Gasteiger partial charge in [0.15, 0.2) is 0 Å². The first-order valence-corrected chi connectivity index (χ1v) is 13.0. The number of unbranched alkanes of at least 4 members (excludes halogenated alkanes) is 1. The van der Waals surface area contributed by atoms with Gasteiger partial charge in [0.25, 0.3) is 5.56 Å². The molecule has 0 radical (unpaired) electrons. The van der Waals surface area contributed by atoms with Gasteiger partial charge in [-0.1, -0.05) is 27.2 Å². The van der Waals surface area contributed by atoms with Crippen molar-refractivity contribution in [3.8, 4) is 11.1 Å².